The van der Waals surface area contributed by atoms with Crippen molar-refractivity contribution in [2.45, 2.75) is 51.6 Å². The van der Waals surface area contributed by atoms with Gasteiger partial charge in [-0.2, -0.15) is 0 Å². The lowest BCUT2D eigenvalue weighted by molar-refractivity contribution is 0.241. The third-order valence-electron chi connectivity index (χ3n) is 2.40. The van der Waals surface area contributed by atoms with Crippen LogP contribution in [0.1, 0.15) is 40.0 Å². The number of nitrogens with zero attached hydrogens (tertiary/aromatic N) is 1. The predicted molar refractivity (Wildman–Crippen MR) is 55.3 cm³/mol. The number of nitrogens with two attached hydrogens (primary N) is 1. The average molecular weight is 184 g/mol. The largest absolute Gasteiger partial charge is 0.350 e. The highest BCUT2D eigenvalue weighted by atomic mass is 15.3. The molecule has 1 saturated carbocycles. The number of hydrogen-bond acceptors (Lipinski definition) is 2. The minimum absolute atomic E-state index is 0.208. The summed E-state index contributed by atoms with van der Waals surface area (Å²) in [5.74, 6) is 6.07. The van der Waals surface area contributed by atoms with Gasteiger partial charge in [-0.15, -0.1) is 0 Å². The van der Waals surface area contributed by atoms with E-state index in [1.165, 1.54) is 19.3 Å². The van der Waals surface area contributed by atoms with E-state index in [4.69, 9.17) is 5.84 Å². The molecule has 0 aliphatic heterocycles. The molecule has 4 heteroatoms. The van der Waals surface area contributed by atoms with Gasteiger partial charge in [-0.25, -0.2) is 10.8 Å². The first-order valence-electron chi connectivity index (χ1n) is 4.88. The molecule has 0 heterocycles. The normalized spacial score (nSPS) is 21.2. The molecular formula is C9H20N4. The molecule has 1 rings (SSSR count). The average Bonchev–Trinajstić information content (AvgIpc) is 1.99. The van der Waals surface area contributed by atoms with Crippen molar-refractivity contribution in [2.24, 2.45) is 10.8 Å². The van der Waals surface area contributed by atoms with Crippen LogP contribution in [0.25, 0.3) is 0 Å². The fourth-order valence-corrected chi connectivity index (χ4v) is 1.48. The van der Waals surface area contributed by atoms with Crippen LogP contribution in [-0.4, -0.2) is 17.5 Å². The van der Waals surface area contributed by atoms with Crippen molar-refractivity contribution in [3.63, 3.8) is 0 Å². The molecule has 4 N–H and O–H groups in total. The van der Waals surface area contributed by atoms with E-state index in [0.29, 0.717) is 5.96 Å². The maximum atomic E-state index is 5.36. The minimum atomic E-state index is 0.208. The number of nitrogens with one attached hydrogen (secondary N) is 2. The molecule has 0 amide bonds. The van der Waals surface area contributed by atoms with Gasteiger partial charge >= 0.3 is 0 Å². The first kappa shape index (κ1) is 10.3. The Labute approximate surface area is 80.0 Å². The molecule has 0 unspecified atom stereocenters. The molecule has 0 saturated heterocycles. The summed E-state index contributed by atoms with van der Waals surface area (Å²) in [6.07, 6.45) is 3.70. The topological polar surface area (TPSA) is 62.4 Å². The van der Waals surface area contributed by atoms with Gasteiger partial charge in [0.25, 0.3) is 0 Å². The number of hydrazine groups is 1. The first-order chi connectivity index (χ1) is 6.06. The molecule has 0 bridgehead atoms. The summed E-state index contributed by atoms with van der Waals surface area (Å²) in [5, 5.41) is 3.32. The highest BCUT2D eigenvalue weighted by Crippen LogP contribution is 2.30. The van der Waals surface area contributed by atoms with Crippen LogP contribution in [0.4, 0.5) is 0 Å². The van der Waals surface area contributed by atoms with Crippen LogP contribution < -0.4 is 16.6 Å². The van der Waals surface area contributed by atoms with Gasteiger partial charge in [0, 0.05) is 11.6 Å². The zero-order valence-corrected chi connectivity index (χ0v) is 8.72. The van der Waals surface area contributed by atoms with E-state index in [0.717, 1.165) is 0 Å². The fraction of sp³-hybridized carbons (Fsp3) is 0.889. The Hall–Kier alpha value is -0.770. The van der Waals surface area contributed by atoms with Crippen LogP contribution >= 0.6 is 0 Å². The lowest BCUT2D eigenvalue weighted by Gasteiger charge is -2.40. The summed E-state index contributed by atoms with van der Waals surface area (Å²) in [6.45, 7) is 6.26. The number of guanidine groups is 1. The molecule has 0 radical (unpaired) electrons. The van der Waals surface area contributed by atoms with Crippen molar-refractivity contribution in [2.75, 3.05) is 0 Å². The standard InChI is InChI=1S/C9H20N4/c1-7(2)11-8(13-10)12-9(3)5-4-6-9/h7H,4-6,10H2,1-3H3,(H2,11,12,13). The molecule has 0 aromatic carbocycles. The lowest BCUT2D eigenvalue weighted by Crippen LogP contribution is -2.56. The summed E-state index contributed by atoms with van der Waals surface area (Å²) in [6, 6.07) is 0.266. The molecular weight excluding hydrogens is 164 g/mol. The monoisotopic (exact) mass is 184 g/mol. The van der Waals surface area contributed by atoms with Gasteiger partial charge in [-0.3, -0.25) is 5.43 Å². The Morgan fingerprint density at radius 1 is 1.46 bits per heavy atom. The summed E-state index contributed by atoms with van der Waals surface area (Å²) in [5.41, 5.74) is 2.81. The molecule has 0 aromatic heterocycles. The van der Waals surface area contributed by atoms with E-state index in [2.05, 4.69) is 22.7 Å². The zero-order valence-electron chi connectivity index (χ0n) is 8.72. The Bertz CT molecular complexity index is 194. The second-order valence-electron chi connectivity index (χ2n) is 4.26. The highest BCUT2D eigenvalue weighted by Gasteiger charge is 2.32. The third kappa shape index (κ3) is 2.88. The van der Waals surface area contributed by atoms with E-state index in [9.17, 15) is 0 Å². The molecule has 13 heavy (non-hydrogen) atoms. The maximum absolute atomic E-state index is 5.36. The summed E-state index contributed by atoms with van der Waals surface area (Å²) in [4.78, 5) is 4.33. The third-order valence-corrected chi connectivity index (χ3v) is 2.40. The van der Waals surface area contributed by atoms with Crippen molar-refractivity contribution in [1.82, 2.24) is 10.7 Å². The van der Waals surface area contributed by atoms with Gasteiger partial charge in [0.2, 0.25) is 5.96 Å². The quantitative estimate of drug-likeness (QED) is 0.257. The van der Waals surface area contributed by atoms with Gasteiger partial charge < -0.3 is 5.32 Å². The van der Waals surface area contributed by atoms with E-state index in [-0.39, 0.29) is 11.6 Å². The van der Waals surface area contributed by atoms with Crippen LogP contribution in [0.3, 0.4) is 0 Å². The number of aliphatic imine (C=N–C) groups is 1. The lowest BCUT2D eigenvalue weighted by atomic mass is 9.79. The number of rotatable bonds is 2. The SMILES string of the molecule is CC(C)N=C(NN)NC1(C)CCC1. The van der Waals surface area contributed by atoms with Crippen LogP contribution in [0, 0.1) is 0 Å². The van der Waals surface area contributed by atoms with E-state index in [1.807, 2.05) is 13.8 Å². The molecule has 76 valence electrons. The Balaban J connectivity index is 2.48. The Kier molecular flexibility index (Phi) is 3.14. The maximum Gasteiger partial charge on any atom is 0.206 e. The Morgan fingerprint density at radius 3 is 2.38 bits per heavy atom. The molecule has 1 aliphatic rings. The smallest absolute Gasteiger partial charge is 0.206 e. The van der Waals surface area contributed by atoms with Gasteiger partial charge in [-0.1, -0.05) is 0 Å². The second-order valence-corrected chi connectivity index (χ2v) is 4.26. The van der Waals surface area contributed by atoms with Crippen LogP contribution in [0.5, 0.6) is 0 Å². The highest BCUT2D eigenvalue weighted by molar-refractivity contribution is 5.80. The van der Waals surface area contributed by atoms with E-state index < -0.39 is 0 Å². The number of hydrogen-bond donors (Lipinski definition) is 3. The molecule has 0 spiro atoms. The fourth-order valence-electron chi connectivity index (χ4n) is 1.48. The van der Waals surface area contributed by atoms with Gasteiger partial charge in [0.05, 0.1) is 0 Å². The van der Waals surface area contributed by atoms with Gasteiger partial charge in [0.1, 0.15) is 0 Å². The Morgan fingerprint density at radius 2 is 2.08 bits per heavy atom. The minimum Gasteiger partial charge on any atom is -0.350 e. The molecule has 1 fully saturated rings. The zero-order chi connectivity index (χ0) is 9.90. The van der Waals surface area contributed by atoms with Crippen molar-refractivity contribution in [3.8, 4) is 0 Å². The molecule has 0 aromatic rings. The summed E-state index contributed by atoms with van der Waals surface area (Å²) in [7, 11) is 0. The van der Waals surface area contributed by atoms with Crippen LogP contribution in [0.15, 0.2) is 4.99 Å². The van der Waals surface area contributed by atoms with Crippen molar-refractivity contribution < 1.29 is 0 Å². The molecule has 0 atom stereocenters. The van der Waals surface area contributed by atoms with E-state index in [1.54, 1.807) is 0 Å². The van der Waals surface area contributed by atoms with Crippen molar-refractivity contribution in [1.29, 1.82) is 0 Å². The van der Waals surface area contributed by atoms with Crippen molar-refractivity contribution in [3.05, 3.63) is 0 Å². The predicted octanol–water partition coefficient (Wildman–Crippen LogP) is 0.746. The van der Waals surface area contributed by atoms with Gasteiger partial charge in [0.15, 0.2) is 0 Å². The van der Waals surface area contributed by atoms with Crippen LogP contribution in [0.2, 0.25) is 0 Å². The van der Waals surface area contributed by atoms with Crippen LogP contribution in [-0.2, 0) is 0 Å². The summed E-state index contributed by atoms with van der Waals surface area (Å²) >= 11 is 0. The van der Waals surface area contributed by atoms with Gasteiger partial charge in [-0.05, 0) is 40.0 Å². The first-order valence-corrected chi connectivity index (χ1v) is 4.88. The van der Waals surface area contributed by atoms with Crippen molar-refractivity contribution >= 4 is 5.96 Å². The second kappa shape index (κ2) is 3.96. The molecule has 4 nitrogen and oxygen atoms in total. The van der Waals surface area contributed by atoms with E-state index >= 15 is 0 Å². The molecule has 1 aliphatic carbocycles. The summed E-state index contributed by atoms with van der Waals surface area (Å²) < 4.78 is 0.